The van der Waals surface area contributed by atoms with Crippen LogP contribution < -0.4 is 0 Å². The lowest BCUT2D eigenvalue weighted by Gasteiger charge is -2.44. The van der Waals surface area contributed by atoms with E-state index < -0.39 is 71.8 Å². The first-order valence-corrected chi connectivity index (χ1v) is 20.7. The van der Waals surface area contributed by atoms with Gasteiger partial charge in [0.15, 0.2) is 5.78 Å². The summed E-state index contributed by atoms with van der Waals surface area (Å²) >= 11 is 0. The highest BCUT2D eigenvalue weighted by Crippen LogP contribution is 2.38. The van der Waals surface area contributed by atoms with Crippen LogP contribution in [0.5, 0.6) is 0 Å². The third-order valence-electron chi connectivity index (χ3n) is 12.6. The number of fused-ring (bicyclic) bond motifs is 3. The smallest absolute Gasteiger partial charge is 0.329 e. The van der Waals surface area contributed by atoms with Gasteiger partial charge in [-0.1, -0.05) is 39.0 Å². The maximum atomic E-state index is 14.2. The number of cyclic esters (lactones) is 1. The Kier molecular flexibility index (Phi) is 17.0. The van der Waals surface area contributed by atoms with E-state index in [2.05, 4.69) is 6.58 Å². The van der Waals surface area contributed by atoms with Gasteiger partial charge in [0.1, 0.15) is 12.1 Å². The number of hydrogen-bond acceptors (Lipinski definition) is 12. The second-order valence-electron chi connectivity index (χ2n) is 17.1. The van der Waals surface area contributed by atoms with Crippen LogP contribution in [0.2, 0.25) is 0 Å². The molecule has 5 N–H and O–H groups in total. The van der Waals surface area contributed by atoms with Crippen molar-refractivity contribution in [3.05, 3.63) is 36.0 Å². The fourth-order valence-electron chi connectivity index (χ4n) is 9.34. The third kappa shape index (κ3) is 11.2. The van der Waals surface area contributed by atoms with Gasteiger partial charge in [0.05, 0.1) is 24.4 Å². The summed E-state index contributed by atoms with van der Waals surface area (Å²) in [5.41, 5.74) is 1.12. The van der Waals surface area contributed by atoms with Crippen LogP contribution in [0.4, 0.5) is 0 Å². The monoisotopic (exact) mass is 789 g/mol. The van der Waals surface area contributed by atoms with Crippen LogP contribution in [0.3, 0.4) is 0 Å². The molecule has 3 heterocycles. The molecule has 316 valence electrons. The molecule has 2 bridgehead atoms. The van der Waals surface area contributed by atoms with Crippen molar-refractivity contribution in [2.75, 3.05) is 26.9 Å². The number of aliphatic hydroxyl groups excluding tert-OH is 4. The lowest BCUT2D eigenvalue weighted by Crippen LogP contribution is -2.60. The number of nitrogens with zero attached hydrogens (tertiary/aromatic N) is 1. The molecular weight excluding hydrogens is 722 g/mol. The van der Waals surface area contributed by atoms with E-state index in [1.54, 1.807) is 19.9 Å². The van der Waals surface area contributed by atoms with E-state index in [1.165, 1.54) is 7.11 Å². The number of allylic oxidation sites excluding steroid dienone is 4. The van der Waals surface area contributed by atoms with Gasteiger partial charge in [0.25, 0.3) is 11.7 Å². The van der Waals surface area contributed by atoms with Crippen LogP contribution in [0.1, 0.15) is 105 Å². The summed E-state index contributed by atoms with van der Waals surface area (Å²) in [7, 11) is 1.49. The van der Waals surface area contributed by atoms with Crippen molar-refractivity contribution < 1.29 is 58.9 Å². The highest BCUT2D eigenvalue weighted by atomic mass is 16.6. The standard InChI is InChI=1S/C43H67NO12/c1-7-10-30-18-25(2)17-26(3)19-37(54-6)39-31(23-45)14-15-43(53,56-39)40(50)41(51)44-16-9-8-11-33(44)42(52)55-38(28(5)35(48)22-36(30)49)27(4)20-29-12-13-34(47)32(21-29)24-46/h7,18,20,25-26,28-29,31-35,37-39,45-48,53H,1,8-17,19,21-24H2,2-6H3/b27-20?,30-18+/t25?,26-,28+,29-,31+,32-,33-,34+,35-,37-,38+,39-,43+/m0/s1. The zero-order valence-electron chi connectivity index (χ0n) is 34.0. The maximum absolute atomic E-state index is 14.2. The fourth-order valence-corrected chi connectivity index (χ4v) is 9.34. The van der Waals surface area contributed by atoms with Crippen molar-refractivity contribution in [1.82, 2.24) is 4.90 Å². The molecule has 0 spiro atoms. The van der Waals surface area contributed by atoms with Crippen LogP contribution in [0, 0.1) is 35.5 Å². The number of ketones is 2. The van der Waals surface area contributed by atoms with Crippen molar-refractivity contribution >= 4 is 23.4 Å². The Morgan fingerprint density at radius 1 is 0.982 bits per heavy atom. The number of amides is 1. The van der Waals surface area contributed by atoms with Crippen molar-refractivity contribution in [1.29, 1.82) is 0 Å². The molecule has 1 saturated carbocycles. The second kappa shape index (κ2) is 20.8. The predicted molar refractivity (Wildman–Crippen MR) is 208 cm³/mol. The summed E-state index contributed by atoms with van der Waals surface area (Å²) in [6.45, 7) is 11.0. The SMILES string of the molecule is C=CC/C1=C\C(C)C[C@H](C)C[C@H](OC)[C@H]2O[C@](O)(CC[C@@H]2CO)C(=O)C(=O)N2CCCC[C@H]2C(=O)O[C@H](C(C)=C[C@@H]2CC[C@@H](O)[C@H](CO)C2)[C@H](C)[C@@H](O)CC1=O. The van der Waals surface area contributed by atoms with Gasteiger partial charge < -0.3 is 44.6 Å². The molecule has 4 aliphatic rings. The molecule has 2 saturated heterocycles. The van der Waals surface area contributed by atoms with Crippen LogP contribution >= 0.6 is 0 Å². The molecule has 1 amide bonds. The normalized spacial score (nSPS) is 40.1. The lowest BCUT2D eigenvalue weighted by atomic mass is 9.78. The van der Waals surface area contributed by atoms with Gasteiger partial charge in [0, 0.05) is 57.5 Å². The summed E-state index contributed by atoms with van der Waals surface area (Å²) in [5, 5.41) is 53.9. The van der Waals surface area contributed by atoms with E-state index in [1.807, 2.05) is 26.0 Å². The van der Waals surface area contributed by atoms with Crippen LogP contribution in [0.25, 0.3) is 0 Å². The zero-order valence-corrected chi connectivity index (χ0v) is 34.0. The zero-order chi connectivity index (χ0) is 41.3. The highest BCUT2D eigenvalue weighted by Gasteiger charge is 2.52. The Bertz CT molecular complexity index is 1450. The number of aliphatic hydroxyl groups is 5. The third-order valence-corrected chi connectivity index (χ3v) is 12.6. The highest BCUT2D eigenvalue weighted by molar-refractivity contribution is 6.39. The molecule has 0 aromatic carbocycles. The molecule has 3 aliphatic heterocycles. The summed E-state index contributed by atoms with van der Waals surface area (Å²) in [4.78, 5) is 57.2. The molecule has 1 unspecified atom stereocenters. The molecule has 0 aromatic heterocycles. The van der Waals surface area contributed by atoms with Crippen molar-refractivity contribution in [2.45, 2.75) is 147 Å². The first-order valence-electron chi connectivity index (χ1n) is 20.7. The molecule has 13 atom stereocenters. The number of piperidine rings is 1. The summed E-state index contributed by atoms with van der Waals surface area (Å²) in [5.74, 6) is -7.49. The van der Waals surface area contributed by atoms with Crippen LogP contribution in [-0.2, 0) is 33.4 Å². The summed E-state index contributed by atoms with van der Waals surface area (Å²) < 4.78 is 18.2. The van der Waals surface area contributed by atoms with Crippen molar-refractivity contribution in [2.24, 2.45) is 35.5 Å². The Balaban J connectivity index is 1.76. The van der Waals surface area contributed by atoms with E-state index in [-0.39, 0.29) is 74.9 Å². The molecule has 0 aromatic rings. The van der Waals surface area contributed by atoms with Gasteiger partial charge in [-0.3, -0.25) is 14.4 Å². The molecule has 13 heteroatoms. The molecular formula is C43H67NO12. The number of methoxy groups -OCH3 is 1. The van der Waals surface area contributed by atoms with E-state index in [4.69, 9.17) is 14.2 Å². The van der Waals surface area contributed by atoms with Crippen molar-refractivity contribution in [3.8, 4) is 0 Å². The van der Waals surface area contributed by atoms with Gasteiger partial charge >= 0.3 is 5.97 Å². The van der Waals surface area contributed by atoms with Crippen LogP contribution in [-0.4, -0.2) is 123 Å². The number of ether oxygens (including phenoxy) is 3. The predicted octanol–water partition coefficient (Wildman–Crippen LogP) is 3.58. The topological polar surface area (TPSA) is 200 Å². The Morgan fingerprint density at radius 2 is 1.70 bits per heavy atom. The number of Topliss-reactive ketones (excluding diaryl/α,β-unsaturated/α-hetero) is 2. The number of esters is 1. The quantitative estimate of drug-likeness (QED) is 0.143. The Labute approximate surface area is 332 Å². The van der Waals surface area contributed by atoms with E-state index >= 15 is 0 Å². The largest absolute Gasteiger partial charge is 0.456 e. The Hall–Kier alpha value is -2.78. The lowest BCUT2D eigenvalue weighted by molar-refractivity contribution is -0.274. The minimum Gasteiger partial charge on any atom is -0.456 e. The van der Waals surface area contributed by atoms with E-state index in [0.29, 0.717) is 62.5 Å². The maximum Gasteiger partial charge on any atom is 0.329 e. The summed E-state index contributed by atoms with van der Waals surface area (Å²) in [6.07, 6.45) is 5.08. The first kappa shape index (κ1) is 45.9. The van der Waals surface area contributed by atoms with Gasteiger partial charge in [-0.05, 0) is 100 Å². The van der Waals surface area contributed by atoms with Crippen LogP contribution in [0.15, 0.2) is 36.0 Å². The number of hydrogen-bond donors (Lipinski definition) is 5. The number of rotatable bonds is 7. The molecule has 56 heavy (non-hydrogen) atoms. The molecule has 3 fully saturated rings. The van der Waals surface area contributed by atoms with Gasteiger partial charge in [0.2, 0.25) is 5.79 Å². The molecule has 13 nitrogen and oxygen atoms in total. The van der Waals surface area contributed by atoms with Gasteiger partial charge in [-0.25, -0.2) is 4.79 Å². The van der Waals surface area contributed by atoms with Gasteiger partial charge in [-0.2, -0.15) is 0 Å². The minimum absolute atomic E-state index is 0.00850. The fraction of sp³-hybridized carbons (Fsp3) is 0.767. The number of carbonyl (C=O) groups is 4. The van der Waals surface area contributed by atoms with E-state index in [9.17, 15) is 44.7 Å². The van der Waals surface area contributed by atoms with Crippen molar-refractivity contribution in [3.63, 3.8) is 0 Å². The number of carbonyl (C=O) groups excluding carboxylic acids is 4. The summed E-state index contributed by atoms with van der Waals surface area (Å²) in [6, 6.07) is -1.16. The van der Waals surface area contributed by atoms with E-state index in [0.717, 1.165) is 4.90 Å². The molecule has 4 rings (SSSR count). The molecule has 0 radical (unpaired) electrons. The minimum atomic E-state index is -2.51. The molecule has 1 aliphatic carbocycles. The Morgan fingerprint density at radius 3 is 2.36 bits per heavy atom. The average molecular weight is 790 g/mol. The second-order valence-corrected chi connectivity index (χ2v) is 17.1. The first-order chi connectivity index (χ1) is 26.6. The van der Waals surface area contributed by atoms with Gasteiger partial charge in [-0.15, -0.1) is 6.58 Å². The average Bonchev–Trinajstić information content (AvgIpc) is 3.18.